The van der Waals surface area contributed by atoms with Gasteiger partial charge in [0.25, 0.3) is 0 Å². The zero-order valence-corrected chi connectivity index (χ0v) is 20.1. The lowest BCUT2D eigenvalue weighted by atomic mass is 10.1. The monoisotopic (exact) mass is 514 g/mol. The van der Waals surface area contributed by atoms with E-state index in [2.05, 4.69) is 57.8 Å². The summed E-state index contributed by atoms with van der Waals surface area (Å²) in [5, 5.41) is 6.95. The summed E-state index contributed by atoms with van der Waals surface area (Å²) < 4.78 is 5.43. The van der Waals surface area contributed by atoms with Gasteiger partial charge in [0.05, 0.1) is 19.7 Å². The number of thiophene rings is 1. The number of nitrogens with zero attached hydrogens (tertiary/aromatic N) is 2. The molecule has 1 fully saturated rings. The first-order chi connectivity index (χ1) is 13.2. The molecule has 3 rings (SSSR count). The van der Waals surface area contributed by atoms with Gasteiger partial charge in [0, 0.05) is 23.3 Å². The minimum absolute atomic E-state index is 0. The molecule has 1 atom stereocenters. The van der Waals surface area contributed by atoms with Crippen LogP contribution in [0.15, 0.2) is 41.4 Å². The minimum Gasteiger partial charge on any atom is -0.497 e. The zero-order valence-electron chi connectivity index (χ0n) is 16.9. The molecule has 154 valence electrons. The van der Waals surface area contributed by atoms with Crippen molar-refractivity contribution in [2.75, 3.05) is 33.8 Å². The fraction of sp³-hybridized carbons (Fsp3) is 0.476. The number of hydrogen-bond donors (Lipinski definition) is 2. The number of ether oxygens (including phenoxy) is 1. The van der Waals surface area contributed by atoms with E-state index < -0.39 is 0 Å². The standard InChI is InChI=1S/C21H30N4OS.HI/c1-16-9-10-19(27-16)14-23-21(22-2)24-15-20(25-11-4-5-12-25)17-7-6-8-18(13-17)26-3;/h6-10,13,20H,4-5,11-12,14-15H2,1-3H3,(H2,22,23,24);1H. The number of guanidine groups is 1. The summed E-state index contributed by atoms with van der Waals surface area (Å²) in [5.41, 5.74) is 1.29. The van der Waals surface area contributed by atoms with E-state index in [1.54, 1.807) is 7.11 Å². The van der Waals surface area contributed by atoms with Gasteiger partial charge in [-0.1, -0.05) is 12.1 Å². The van der Waals surface area contributed by atoms with Crippen molar-refractivity contribution in [3.63, 3.8) is 0 Å². The largest absolute Gasteiger partial charge is 0.497 e. The number of hydrogen-bond acceptors (Lipinski definition) is 4. The highest BCUT2D eigenvalue weighted by molar-refractivity contribution is 14.0. The maximum Gasteiger partial charge on any atom is 0.191 e. The third-order valence-corrected chi connectivity index (χ3v) is 5.97. The molecule has 1 aromatic heterocycles. The van der Waals surface area contributed by atoms with Crippen molar-refractivity contribution < 1.29 is 4.74 Å². The lowest BCUT2D eigenvalue weighted by molar-refractivity contribution is 0.245. The number of nitrogens with one attached hydrogen (secondary N) is 2. The Morgan fingerprint density at radius 3 is 2.64 bits per heavy atom. The molecule has 28 heavy (non-hydrogen) atoms. The molecule has 1 aliphatic rings. The second-order valence-electron chi connectivity index (χ2n) is 6.85. The van der Waals surface area contributed by atoms with Crippen LogP contribution in [0.3, 0.4) is 0 Å². The Bertz CT molecular complexity index is 758. The third kappa shape index (κ3) is 6.35. The molecular weight excluding hydrogens is 483 g/mol. The van der Waals surface area contributed by atoms with Crippen molar-refractivity contribution in [3.05, 3.63) is 51.7 Å². The van der Waals surface area contributed by atoms with Gasteiger partial charge in [0.1, 0.15) is 5.75 Å². The van der Waals surface area contributed by atoms with Crippen molar-refractivity contribution in [1.29, 1.82) is 0 Å². The second kappa shape index (κ2) is 11.6. The molecule has 1 aliphatic heterocycles. The third-order valence-electron chi connectivity index (χ3n) is 4.97. The highest BCUT2D eigenvalue weighted by Crippen LogP contribution is 2.27. The maximum absolute atomic E-state index is 5.43. The molecule has 2 aromatic rings. The summed E-state index contributed by atoms with van der Waals surface area (Å²) in [5.74, 6) is 1.75. The molecule has 0 aliphatic carbocycles. The molecule has 7 heteroatoms. The molecule has 0 bridgehead atoms. The molecule has 2 N–H and O–H groups in total. The van der Waals surface area contributed by atoms with E-state index >= 15 is 0 Å². The average molecular weight is 514 g/mol. The normalized spacial score (nSPS) is 15.8. The Balaban J connectivity index is 0.00000280. The van der Waals surface area contributed by atoms with E-state index in [-0.39, 0.29) is 24.0 Å². The number of aliphatic imine (C=N–C) groups is 1. The van der Waals surface area contributed by atoms with Gasteiger partial charge in [0.2, 0.25) is 0 Å². The minimum atomic E-state index is 0. The van der Waals surface area contributed by atoms with Crippen molar-refractivity contribution in [2.24, 2.45) is 4.99 Å². The Morgan fingerprint density at radius 1 is 1.21 bits per heavy atom. The topological polar surface area (TPSA) is 48.9 Å². The predicted octanol–water partition coefficient (Wildman–Crippen LogP) is 4.19. The van der Waals surface area contributed by atoms with E-state index in [9.17, 15) is 0 Å². The molecule has 1 unspecified atom stereocenters. The van der Waals surface area contributed by atoms with Crippen LogP contribution in [-0.2, 0) is 6.54 Å². The number of aryl methyl sites for hydroxylation is 1. The summed E-state index contributed by atoms with van der Waals surface area (Å²) in [6.45, 7) is 6.03. The lowest BCUT2D eigenvalue weighted by Gasteiger charge is -2.29. The predicted molar refractivity (Wildman–Crippen MR) is 129 cm³/mol. The van der Waals surface area contributed by atoms with Crippen molar-refractivity contribution in [2.45, 2.75) is 32.4 Å². The molecule has 2 heterocycles. The van der Waals surface area contributed by atoms with Crippen LogP contribution >= 0.6 is 35.3 Å². The fourth-order valence-corrected chi connectivity index (χ4v) is 4.35. The summed E-state index contributed by atoms with van der Waals surface area (Å²) in [4.78, 5) is 9.60. The van der Waals surface area contributed by atoms with Crippen LogP contribution in [0.25, 0.3) is 0 Å². The molecular formula is C21H31IN4OS. The summed E-state index contributed by atoms with van der Waals surface area (Å²) >= 11 is 1.82. The van der Waals surface area contributed by atoms with Crippen molar-refractivity contribution in [3.8, 4) is 5.75 Å². The van der Waals surface area contributed by atoms with Crippen molar-refractivity contribution >= 4 is 41.3 Å². The van der Waals surface area contributed by atoms with E-state index in [4.69, 9.17) is 4.74 Å². The van der Waals surface area contributed by atoms with Crippen LogP contribution < -0.4 is 15.4 Å². The molecule has 1 aromatic carbocycles. The van der Waals surface area contributed by atoms with Crippen LogP contribution in [0.4, 0.5) is 0 Å². The van der Waals surface area contributed by atoms with Gasteiger partial charge in [0.15, 0.2) is 5.96 Å². The van der Waals surface area contributed by atoms with Crippen LogP contribution in [-0.4, -0.2) is 44.7 Å². The van der Waals surface area contributed by atoms with Crippen LogP contribution in [0, 0.1) is 6.92 Å². The summed E-state index contributed by atoms with van der Waals surface area (Å²) in [7, 11) is 3.55. The number of methoxy groups -OCH3 is 1. The van der Waals surface area contributed by atoms with Crippen LogP contribution in [0.5, 0.6) is 5.75 Å². The van der Waals surface area contributed by atoms with E-state index in [0.29, 0.717) is 6.04 Å². The molecule has 5 nitrogen and oxygen atoms in total. The Kier molecular flexibility index (Phi) is 9.53. The van der Waals surface area contributed by atoms with E-state index in [0.717, 1.165) is 37.9 Å². The number of rotatable bonds is 7. The number of likely N-dealkylation sites (tertiary alicyclic amines) is 1. The Hall–Kier alpha value is -1.32. The van der Waals surface area contributed by atoms with Crippen molar-refractivity contribution in [1.82, 2.24) is 15.5 Å². The van der Waals surface area contributed by atoms with Crippen LogP contribution in [0.2, 0.25) is 0 Å². The van der Waals surface area contributed by atoms with Crippen LogP contribution in [0.1, 0.15) is 34.2 Å². The Morgan fingerprint density at radius 2 is 2.00 bits per heavy atom. The Labute approximate surface area is 189 Å². The molecule has 1 saturated heterocycles. The zero-order chi connectivity index (χ0) is 19.1. The first-order valence-electron chi connectivity index (χ1n) is 9.57. The average Bonchev–Trinajstić information content (AvgIpc) is 3.36. The lowest BCUT2D eigenvalue weighted by Crippen LogP contribution is -2.42. The fourth-order valence-electron chi connectivity index (χ4n) is 3.52. The summed E-state index contributed by atoms with van der Waals surface area (Å²) in [6, 6.07) is 13.1. The van der Waals surface area contributed by atoms with Gasteiger partial charge < -0.3 is 15.4 Å². The second-order valence-corrected chi connectivity index (χ2v) is 8.23. The number of halogens is 1. The molecule has 0 radical (unpaired) electrons. The van der Waals surface area contributed by atoms with Gasteiger partial charge in [-0.05, 0) is 62.7 Å². The molecule has 0 amide bonds. The quantitative estimate of drug-likeness (QED) is 0.331. The number of benzene rings is 1. The van der Waals surface area contributed by atoms with Gasteiger partial charge in [-0.25, -0.2) is 0 Å². The van der Waals surface area contributed by atoms with Gasteiger partial charge in [-0.15, -0.1) is 35.3 Å². The SMILES string of the molecule is CN=C(NCc1ccc(C)s1)NCC(c1cccc(OC)c1)N1CCCC1.I. The first kappa shape index (κ1) is 23.0. The highest BCUT2D eigenvalue weighted by atomic mass is 127. The molecule has 0 spiro atoms. The van der Waals surface area contributed by atoms with E-state index in [1.165, 1.54) is 28.2 Å². The van der Waals surface area contributed by atoms with Gasteiger partial charge in [-0.3, -0.25) is 9.89 Å². The van der Waals surface area contributed by atoms with E-state index in [1.807, 2.05) is 24.5 Å². The highest BCUT2D eigenvalue weighted by Gasteiger charge is 2.24. The van der Waals surface area contributed by atoms with Gasteiger partial charge >= 0.3 is 0 Å². The first-order valence-corrected chi connectivity index (χ1v) is 10.4. The summed E-state index contributed by atoms with van der Waals surface area (Å²) in [6.07, 6.45) is 2.54. The van der Waals surface area contributed by atoms with Gasteiger partial charge in [-0.2, -0.15) is 0 Å². The smallest absolute Gasteiger partial charge is 0.191 e. The maximum atomic E-state index is 5.43. The molecule has 0 saturated carbocycles.